The molecule has 1 aromatic heterocycles. The SMILES string of the molecule is COc1ccc([N+](=O)[O-])cc1CSc1ccncc1N. The Morgan fingerprint density at radius 1 is 1.45 bits per heavy atom. The lowest BCUT2D eigenvalue weighted by Gasteiger charge is -2.09. The van der Waals surface area contributed by atoms with E-state index >= 15 is 0 Å². The number of nitro benzene ring substituents is 1. The van der Waals surface area contributed by atoms with Crippen molar-refractivity contribution >= 4 is 23.1 Å². The highest BCUT2D eigenvalue weighted by atomic mass is 32.2. The van der Waals surface area contributed by atoms with Crippen LogP contribution in [0.1, 0.15) is 5.56 Å². The Hall–Kier alpha value is -2.28. The standard InChI is InChI=1S/C13H13N3O3S/c1-19-12-3-2-10(16(17)18)6-9(12)8-20-13-4-5-15-7-11(13)14/h2-7H,8,14H2,1H3. The van der Waals surface area contributed by atoms with Crippen LogP contribution in [0.25, 0.3) is 0 Å². The molecule has 0 spiro atoms. The fourth-order valence-electron chi connectivity index (χ4n) is 1.67. The third-order valence-corrected chi connectivity index (χ3v) is 3.81. The molecule has 0 aliphatic carbocycles. The Morgan fingerprint density at radius 2 is 2.25 bits per heavy atom. The first-order valence-electron chi connectivity index (χ1n) is 5.75. The zero-order chi connectivity index (χ0) is 14.5. The van der Waals surface area contributed by atoms with E-state index in [1.54, 1.807) is 18.5 Å². The molecular weight excluding hydrogens is 278 g/mol. The van der Waals surface area contributed by atoms with Gasteiger partial charge in [0, 0.05) is 34.5 Å². The van der Waals surface area contributed by atoms with Crippen molar-refractivity contribution in [3.63, 3.8) is 0 Å². The van der Waals surface area contributed by atoms with Gasteiger partial charge in [-0.25, -0.2) is 0 Å². The second-order valence-electron chi connectivity index (χ2n) is 3.96. The number of hydrogen-bond acceptors (Lipinski definition) is 6. The van der Waals surface area contributed by atoms with Crippen molar-refractivity contribution in [1.29, 1.82) is 0 Å². The van der Waals surface area contributed by atoms with Crippen LogP contribution in [0.15, 0.2) is 41.6 Å². The average molecular weight is 291 g/mol. The molecule has 0 bridgehead atoms. The second-order valence-corrected chi connectivity index (χ2v) is 4.97. The number of aromatic nitrogens is 1. The van der Waals surface area contributed by atoms with Gasteiger partial charge in [0.25, 0.3) is 5.69 Å². The first kappa shape index (κ1) is 14.1. The maximum Gasteiger partial charge on any atom is 0.270 e. The fourth-order valence-corrected chi connectivity index (χ4v) is 2.59. The van der Waals surface area contributed by atoms with Crippen LogP contribution < -0.4 is 10.5 Å². The number of thioether (sulfide) groups is 1. The summed E-state index contributed by atoms with van der Waals surface area (Å²) in [4.78, 5) is 15.2. The van der Waals surface area contributed by atoms with E-state index in [4.69, 9.17) is 10.5 Å². The minimum absolute atomic E-state index is 0.0455. The van der Waals surface area contributed by atoms with Gasteiger partial charge >= 0.3 is 0 Å². The summed E-state index contributed by atoms with van der Waals surface area (Å²) in [5.41, 5.74) is 7.19. The molecule has 2 N–H and O–H groups in total. The van der Waals surface area contributed by atoms with Gasteiger partial charge in [-0.1, -0.05) is 0 Å². The lowest BCUT2D eigenvalue weighted by Crippen LogP contribution is -1.95. The van der Waals surface area contributed by atoms with E-state index < -0.39 is 4.92 Å². The van der Waals surface area contributed by atoms with Crippen LogP contribution in [0.2, 0.25) is 0 Å². The maximum absolute atomic E-state index is 10.8. The molecule has 2 rings (SSSR count). The molecule has 0 amide bonds. The van der Waals surface area contributed by atoms with Crippen LogP contribution in [0, 0.1) is 10.1 Å². The van der Waals surface area contributed by atoms with Crippen molar-refractivity contribution in [3.05, 3.63) is 52.3 Å². The normalized spacial score (nSPS) is 10.2. The van der Waals surface area contributed by atoms with Gasteiger partial charge in [-0.2, -0.15) is 0 Å². The lowest BCUT2D eigenvalue weighted by atomic mass is 10.2. The number of nitro groups is 1. The molecule has 0 atom stereocenters. The Kier molecular flexibility index (Phi) is 4.41. The summed E-state index contributed by atoms with van der Waals surface area (Å²) >= 11 is 1.48. The second kappa shape index (κ2) is 6.25. The van der Waals surface area contributed by atoms with Crippen molar-refractivity contribution < 1.29 is 9.66 Å². The first-order chi connectivity index (χ1) is 9.61. The molecule has 0 radical (unpaired) electrons. The molecule has 1 heterocycles. The van der Waals surface area contributed by atoms with E-state index in [1.165, 1.54) is 31.0 Å². The number of non-ortho nitro benzene ring substituents is 1. The van der Waals surface area contributed by atoms with E-state index in [0.717, 1.165) is 10.5 Å². The number of nitrogens with zero attached hydrogens (tertiary/aromatic N) is 2. The topological polar surface area (TPSA) is 91.3 Å². The lowest BCUT2D eigenvalue weighted by molar-refractivity contribution is -0.384. The quantitative estimate of drug-likeness (QED) is 0.517. The Bertz CT molecular complexity index is 634. The van der Waals surface area contributed by atoms with Crippen LogP contribution in [-0.2, 0) is 5.75 Å². The number of benzene rings is 1. The van der Waals surface area contributed by atoms with Gasteiger partial charge < -0.3 is 10.5 Å². The van der Waals surface area contributed by atoms with E-state index in [1.807, 2.05) is 6.07 Å². The van der Waals surface area contributed by atoms with Gasteiger partial charge in [0.2, 0.25) is 0 Å². The zero-order valence-electron chi connectivity index (χ0n) is 10.8. The van der Waals surface area contributed by atoms with Crippen LogP contribution >= 0.6 is 11.8 Å². The maximum atomic E-state index is 10.8. The van der Waals surface area contributed by atoms with E-state index in [9.17, 15) is 10.1 Å². The molecule has 1 aromatic carbocycles. The van der Waals surface area contributed by atoms with Gasteiger partial charge in [-0.05, 0) is 12.1 Å². The first-order valence-corrected chi connectivity index (χ1v) is 6.74. The van der Waals surface area contributed by atoms with Crippen molar-refractivity contribution in [2.45, 2.75) is 10.6 Å². The average Bonchev–Trinajstić information content (AvgIpc) is 2.46. The Balaban J connectivity index is 2.22. The van der Waals surface area contributed by atoms with Gasteiger partial charge in [0.05, 0.1) is 23.9 Å². The predicted molar refractivity (Wildman–Crippen MR) is 77.9 cm³/mol. The summed E-state index contributed by atoms with van der Waals surface area (Å²) in [6.07, 6.45) is 3.23. The molecule has 0 fully saturated rings. The number of nitrogens with two attached hydrogens (primary N) is 1. The highest BCUT2D eigenvalue weighted by Gasteiger charge is 2.12. The highest BCUT2D eigenvalue weighted by Crippen LogP contribution is 2.32. The molecule has 6 nitrogen and oxygen atoms in total. The molecule has 0 saturated carbocycles. The summed E-state index contributed by atoms with van der Waals surface area (Å²) < 4.78 is 5.22. The fraction of sp³-hybridized carbons (Fsp3) is 0.154. The van der Waals surface area contributed by atoms with Crippen LogP contribution in [0.5, 0.6) is 5.75 Å². The van der Waals surface area contributed by atoms with Gasteiger partial charge in [0.1, 0.15) is 5.75 Å². The third-order valence-electron chi connectivity index (χ3n) is 2.67. The number of ether oxygens (including phenoxy) is 1. The van der Waals surface area contributed by atoms with Crippen LogP contribution in [0.4, 0.5) is 11.4 Å². The van der Waals surface area contributed by atoms with E-state index in [-0.39, 0.29) is 5.69 Å². The molecule has 7 heteroatoms. The smallest absolute Gasteiger partial charge is 0.270 e. The Morgan fingerprint density at radius 3 is 2.90 bits per heavy atom. The van der Waals surface area contributed by atoms with Gasteiger partial charge in [-0.3, -0.25) is 15.1 Å². The van der Waals surface area contributed by atoms with Gasteiger partial charge in [-0.15, -0.1) is 11.8 Å². The minimum atomic E-state index is -0.422. The van der Waals surface area contributed by atoms with Crippen LogP contribution in [-0.4, -0.2) is 17.0 Å². The largest absolute Gasteiger partial charge is 0.496 e. The number of rotatable bonds is 5. The van der Waals surface area contributed by atoms with Crippen molar-refractivity contribution in [2.75, 3.05) is 12.8 Å². The minimum Gasteiger partial charge on any atom is -0.496 e. The molecule has 0 aliphatic rings. The number of methoxy groups -OCH3 is 1. The van der Waals surface area contributed by atoms with Crippen LogP contribution in [0.3, 0.4) is 0 Å². The summed E-state index contributed by atoms with van der Waals surface area (Å²) in [7, 11) is 1.54. The Labute approximate surface area is 120 Å². The number of anilines is 1. The highest BCUT2D eigenvalue weighted by molar-refractivity contribution is 7.98. The van der Waals surface area contributed by atoms with Gasteiger partial charge in [0.15, 0.2) is 0 Å². The monoisotopic (exact) mass is 291 g/mol. The summed E-state index contributed by atoms with van der Waals surface area (Å²) in [5, 5.41) is 10.8. The number of hydrogen-bond donors (Lipinski definition) is 1. The van der Waals surface area contributed by atoms with Crippen molar-refractivity contribution in [2.24, 2.45) is 0 Å². The van der Waals surface area contributed by atoms with Crippen molar-refractivity contribution in [1.82, 2.24) is 4.98 Å². The van der Waals surface area contributed by atoms with E-state index in [2.05, 4.69) is 4.98 Å². The zero-order valence-corrected chi connectivity index (χ0v) is 11.6. The molecule has 20 heavy (non-hydrogen) atoms. The predicted octanol–water partition coefficient (Wildman–Crippen LogP) is 2.87. The molecule has 2 aromatic rings. The molecule has 104 valence electrons. The number of pyridine rings is 1. The number of nitrogen functional groups attached to an aromatic ring is 1. The molecule has 0 saturated heterocycles. The summed E-state index contributed by atoms with van der Waals surface area (Å²) in [6.45, 7) is 0. The molecular formula is C13H13N3O3S. The summed E-state index contributed by atoms with van der Waals surface area (Å²) in [5.74, 6) is 1.15. The molecule has 0 unspecified atom stereocenters. The summed E-state index contributed by atoms with van der Waals surface area (Å²) in [6, 6.07) is 6.35. The molecule has 0 aliphatic heterocycles. The third kappa shape index (κ3) is 3.18. The van der Waals surface area contributed by atoms with Crippen molar-refractivity contribution in [3.8, 4) is 5.75 Å². The van der Waals surface area contributed by atoms with E-state index in [0.29, 0.717) is 17.2 Å².